The molecule has 0 saturated heterocycles. The van der Waals surface area contributed by atoms with E-state index in [9.17, 15) is 0 Å². The molecule has 6 rings (SSSR count). The second-order valence-corrected chi connectivity index (χ2v) is 11.0. The molecular weight excluding hydrogens is 386 g/mol. The van der Waals surface area contributed by atoms with Gasteiger partial charge in [-0.05, 0) is 70.8 Å². The summed E-state index contributed by atoms with van der Waals surface area (Å²) >= 11 is 0. The van der Waals surface area contributed by atoms with Crippen LogP contribution < -0.4 is 4.57 Å². The Morgan fingerprint density at radius 1 is 0.812 bits per heavy atom. The molecule has 2 unspecified atom stereocenters. The lowest BCUT2D eigenvalue weighted by molar-refractivity contribution is -0.735. The summed E-state index contributed by atoms with van der Waals surface area (Å²) in [6.45, 7) is 11.9. The standard InChI is InChI=1S/C31H36N/c1-6-9-12-21-14-15-22-23-18-27-24(19-26(23)29(4,5)25(22)17-21)28-13-10-11-16-32(28)31(8-3)20-30(27,31)7-2/h10-11,13-19H,6-9,12,20H2,1-5H3/q+1. The number of aromatic nitrogens is 1. The lowest BCUT2D eigenvalue weighted by Crippen LogP contribution is -2.54. The van der Waals surface area contributed by atoms with Gasteiger partial charge in [0.25, 0.3) is 0 Å². The molecular formula is C31H36N+. The molecule has 3 aliphatic rings. The fourth-order valence-electron chi connectivity index (χ4n) is 7.40. The molecule has 1 aromatic heterocycles. The van der Waals surface area contributed by atoms with E-state index in [-0.39, 0.29) is 16.4 Å². The molecule has 0 N–H and O–H groups in total. The molecule has 3 aromatic rings. The number of benzene rings is 2. The molecule has 1 heteroatoms. The zero-order valence-electron chi connectivity index (χ0n) is 20.4. The summed E-state index contributed by atoms with van der Waals surface area (Å²) in [5.41, 5.74) is 12.5. The Labute approximate surface area is 193 Å². The average molecular weight is 423 g/mol. The quantitative estimate of drug-likeness (QED) is 0.376. The first-order chi connectivity index (χ1) is 15.4. The molecule has 0 bridgehead atoms. The van der Waals surface area contributed by atoms with Gasteiger partial charge < -0.3 is 0 Å². The number of hydrogen-bond acceptors (Lipinski definition) is 0. The Morgan fingerprint density at radius 2 is 1.59 bits per heavy atom. The first-order valence-corrected chi connectivity index (χ1v) is 12.8. The maximum Gasteiger partial charge on any atom is 0.213 e. The highest BCUT2D eigenvalue weighted by atomic mass is 15.2. The molecule has 0 radical (unpaired) electrons. The molecule has 0 spiro atoms. The van der Waals surface area contributed by atoms with Gasteiger partial charge in [0.15, 0.2) is 11.7 Å². The normalized spacial score (nSPS) is 25.4. The van der Waals surface area contributed by atoms with Crippen LogP contribution in [0, 0.1) is 0 Å². The number of hydrogen-bond donors (Lipinski definition) is 0. The lowest BCUT2D eigenvalue weighted by atomic mass is 9.76. The number of aryl methyl sites for hydroxylation is 1. The molecule has 32 heavy (non-hydrogen) atoms. The predicted octanol–water partition coefficient (Wildman–Crippen LogP) is 7.46. The third-order valence-corrected chi connectivity index (χ3v) is 9.36. The topological polar surface area (TPSA) is 3.88 Å². The zero-order valence-corrected chi connectivity index (χ0v) is 20.4. The van der Waals surface area contributed by atoms with E-state index in [0.29, 0.717) is 0 Å². The van der Waals surface area contributed by atoms with E-state index in [1.54, 1.807) is 5.56 Å². The van der Waals surface area contributed by atoms with Crippen molar-refractivity contribution in [2.75, 3.05) is 0 Å². The molecule has 1 nitrogen and oxygen atoms in total. The molecule has 0 amide bonds. The number of pyridine rings is 1. The van der Waals surface area contributed by atoms with Crippen molar-refractivity contribution in [1.82, 2.24) is 0 Å². The van der Waals surface area contributed by atoms with Crippen LogP contribution in [0.25, 0.3) is 22.4 Å². The van der Waals surface area contributed by atoms with Crippen LogP contribution in [0.1, 0.15) is 89.0 Å². The third-order valence-electron chi connectivity index (χ3n) is 9.36. The molecule has 1 saturated carbocycles. The van der Waals surface area contributed by atoms with Crippen LogP contribution in [0.15, 0.2) is 54.7 Å². The monoisotopic (exact) mass is 422 g/mol. The highest BCUT2D eigenvalue weighted by molar-refractivity contribution is 5.86. The maximum absolute atomic E-state index is 2.63. The smallest absolute Gasteiger partial charge is 0.192 e. The maximum atomic E-state index is 2.63. The van der Waals surface area contributed by atoms with Crippen LogP contribution in [0.4, 0.5) is 0 Å². The summed E-state index contributed by atoms with van der Waals surface area (Å²) in [5, 5.41) is 0. The Balaban J connectivity index is 1.60. The minimum absolute atomic E-state index is 0.0454. The molecule has 2 heterocycles. The number of rotatable bonds is 5. The van der Waals surface area contributed by atoms with Crippen LogP contribution in [0.2, 0.25) is 0 Å². The Hall–Kier alpha value is -2.41. The van der Waals surface area contributed by atoms with Gasteiger partial charge in [0.1, 0.15) is 0 Å². The fraction of sp³-hybridized carbons (Fsp3) is 0.452. The highest BCUT2D eigenvalue weighted by Gasteiger charge is 2.76. The molecule has 2 aliphatic carbocycles. The van der Waals surface area contributed by atoms with Crippen molar-refractivity contribution in [3.05, 3.63) is 77.0 Å². The number of nitrogens with zero attached hydrogens (tertiary/aromatic N) is 1. The van der Waals surface area contributed by atoms with Gasteiger partial charge in [-0.1, -0.05) is 59.2 Å². The van der Waals surface area contributed by atoms with Crippen molar-refractivity contribution in [2.45, 2.75) is 89.5 Å². The fourth-order valence-corrected chi connectivity index (χ4v) is 7.40. The zero-order chi connectivity index (χ0) is 22.3. The largest absolute Gasteiger partial charge is 0.213 e. The number of unbranched alkanes of at least 4 members (excludes halogenated alkanes) is 1. The Bertz CT molecular complexity index is 1250. The van der Waals surface area contributed by atoms with Crippen LogP contribution in [0.5, 0.6) is 0 Å². The first-order valence-electron chi connectivity index (χ1n) is 12.8. The minimum Gasteiger partial charge on any atom is -0.192 e. The van der Waals surface area contributed by atoms with Gasteiger partial charge >= 0.3 is 0 Å². The van der Waals surface area contributed by atoms with E-state index < -0.39 is 0 Å². The Kier molecular flexibility index (Phi) is 4.15. The van der Waals surface area contributed by atoms with E-state index in [1.807, 2.05) is 0 Å². The van der Waals surface area contributed by atoms with Gasteiger partial charge in [0.2, 0.25) is 5.69 Å². The predicted molar refractivity (Wildman–Crippen MR) is 133 cm³/mol. The van der Waals surface area contributed by atoms with Crippen LogP contribution in [-0.2, 0) is 22.8 Å². The minimum atomic E-state index is 0.0454. The second kappa shape index (κ2) is 6.56. The van der Waals surface area contributed by atoms with E-state index in [4.69, 9.17) is 0 Å². The van der Waals surface area contributed by atoms with Crippen molar-refractivity contribution in [1.29, 1.82) is 0 Å². The molecule has 1 aliphatic heterocycles. The lowest BCUT2D eigenvalue weighted by Gasteiger charge is -2.30. The van der Waals surface area contributed by atoms with Gasteiger partial charge in [-0.3, -0.25) is 0 Å². The van der Waals surface area contributed by atoms with E-state index in [1.165, 1.54) is 77.6 Å². The third kappa shape index (κ3) is 2.28. The summed E-state index contributed by atoms with van der Waals surface area (Å²) in [6, 6.07) is 19.3. The van der Waals surface area contributed by atoms with Crippen molar-refractivity contribution >= 4 is 0 Å². The summed E-state index contributed by atoms with van der Waals surface area (Å²) in [6.07, 6.45) is 9.73. The van der Waals surface area contributed by atoms with Crippen molar-refractivity contribution in [2.24, 2.45) is 0 Å². The van der Waals surface area contributed by atoms with Gasteiger partial charge in [-0.2, -0.15) is 4.57 Å². The second-order valence-electron chi connectivity index (χ2n) is 11.0. The summed E-state index contributed by atoms with van der Waals surface area (Å²) < 4.78 is 2.63. The van der Waals surface area contributed by atoms with Crippen molar-refractivity contribution in [3.8, 4) is 22.4 Å². The summed E-state index contributed by atoms with van der Waals surface area (Å²) in [7, 11) is 0. The molecule has 2 atom stereocenters. The Morgan fingerprint density at radius 3 is 2.34 bits per heavy atom. The van der Waals surface area contributed by atoms with Crippen LogP contribution in [0.3, 0.4) is 0 Å². The molecule has 2 aromatic carbocycles. The first kappa shape index (κ1) is 20.2. The summed E-state index contributed by atoms with van der Waals surface area (Å²) in [4.78, 5) is 0. The van der Waals surface area contributed by atoms with E-state index >= 15 is 0 Å². The van der Waals surface area contributed by atoms with E-state index in [2.05, 4.69) is 93.9 Å². The molecule has 1 fully saturated rings. The average Bonchev–Trinajstić information content (AvgIpc) is 3.48. The SMILES string of the molecule is CCCCc1ccc2c(c1)C(C)(C)c1cc3c(cc1-2)C1(CC)CC1(CC)[n+]1ccccc1-3. The molecule has 164 valence electrons. The van der Waals surface area contributed by atoms with Gasteiger partial charge in [0, 0.05) is 30.4 Å². The highest BCUT2D eigenvalue weighted by Crippen LogP contribution is 2.68. The van der Waals surface area contributed by atoms with Crippen LogP contribution >= 0.6 is 0 Å². The summed E-state index contributed by atoms with van der Waals surface area (Å²) in [5.74, 6) is 0. The van der Waals surface area contributed by atoms with Crippen molar-refractivity contribution < 1.29 is 4.57 Å². The van der Waals surface area contributed by atoms with Gasteiger partial charge in [-0.15, -0.1) is 0 Å². The van der Waals surface area contributed by atoms with E-state index in [0.717, 1.165) is 0 Å². The van der Waals surface area contributed by atoms with Gasteiger partial charge in [-0.25, -0.2) is 0 Å². The number of fused-ring (bicyclic) bond motifs is 9. The van der Waals surface area contributed by atoms with Crippen molar-refractivity contribution in [3.63, 3.8) is 0 Å². The van der Waals surface area contributed by atoms with Gasteiger partial charge in [0.05, 0.1) is 11.0 Å². The van der Waals surface area contributed by atoms with Crippen LogP contribution in [-0.4, -0.2) is 0 Å².